The summed E-state index contributed by atoms with van der Waals surface area (Å²) in [6.45, 7) is 11.8. The van der Waals surface area contributed by atoms with Crippen LogP contribution in [0.1, 0.15) is 72.3 Å². The number of hydrogen-bond donors (Lipinski definition) is 1. The van der Waals surface area contributed by atoms with E-state index in [0.29, 0.717) is 26.1 Å². The fraction of sp³-hybridized carbons (Fsp3) is 0.667. The molecule has 2 heterocycles. The topological polar surface area (TPSA) is 76.2 Å². The molecule has 4 amide bonds. The highest BCUT2D eigenvalue weighted by molar-refractivity contribution is 5.91. The third-order valence-corrected chi connectivity index (χ3v) is 6.41. The van der Waals surface area contributed by atoms with Gasteiger partial charge in [-0.25, -0.2) is 14.8 Å². The Morgan fingerprint density at radius 3 is 2.40 bits per heavy atom. The lowest BCUT2D eigenvalue weighted by atomic mass is 9.97. The second-order valence-electron chi connectivity index (χ2n) is 9.58. The molecule has 0 bridgehead atoms. The molecule has 35 heavy (non-hydrogen) atoms. The van der Waals surface area contributed by atoms with Crippen LogP contribution in [-0.2, 0) is 16.1 Å². The average Bonchev–Trinajstić information content (AvgIpc) is 2.84. The fourth-order valence-electron chi connectivity index (χ4n) is 4.77. The van der Waals surface area contributed by atoms with E-state index in [9.17, 15) is 14.4 Å². The summed E-state index contributed by atoms with van der Waals surface area (Å²) in [7, 11) is 1.76. The maximum absolute atomic E-state index is 13.4. The first-order valence-electron chi connectivity index (χ1n) is 13.3. The van der Waals surface area contributed by atoms with Crippen LogP contribution in [0.25, 0.3) is 0 Å². The predicted octanol–water partition coefficient (Wildman–Crippen LogP) is 4.08. The van der Waals surface area contributed by atoms with E-state index < -0.39 is 12.2 Å². The Morgan fingerprint density at radius 1 is 1.09 bits per heavy atom. The van der Waals surface area contributed by atoms with Crippen LogP contribution in [0, 0.1) is 5.92 Å². The van der Waals surface area contributed by atoms with Gasteiger partial charge >= 0.3 is 6.03 Å². The van der Waals surface area contributed by atoms with E-state index in [1.54, 1.807) is 22.0 Å². The molecule has 0 spiro atoms. The van der Waals surface area contributed by atoms with Gasteiger partial charge in [0, 0.05) is 20.1 Å². The highest BCUT2D eigenvalue weighted by atomic mass is 16.2. The number of amides is 4. The molecule has 0 aliphatic carbocycles. The summed E-state index contributed by atoms with van der Waals surface area (Å²) in [5.74, 6) is 0.172. The Bertz CT molecular complexity index is 816. The monoisotopic (exact) mass is 487 g/mol. The third kappa shape index (κ3) is 7.43. The number of benzene rings is 1. The number of hydrazine groups is 1. The normalized spacial score (nSPS) is 20.5. The van der Waals surface area contributed by atoms with Gasteiger partial charge in [-0.1, -0.05) is 84.2 Å². The van der Waals surface area contributed by atoms with Crippen molar-refractivity contribution >= 4 is 17.8 Å². The summed E-state index contributed by atoms with van der Waals surface area (Å²) in [5, 5.41) is 6.30. The molecule has 8 heteroatoms. The largest absolute Gasteiger partial charge is 0.337 e. The van der Waals surface area contributed by atoms with Crippen LogP contribution in [0.5, 0.6) is 0 Å². The van der Waals surface area contributed by atoms with Crippen LogP contribution >= 0.6 is 0 Å². The van der Waals surface area contributed by atoms with Crippen LogP contribution in [0.2, 0.25) is 0 Å². The molecule has 2 atom stereocenters. The van der Waals surface area contributed by atoms with Crippen LogP contribution in [0.4, 0.5) is 4.79 Å². The van der Waals surface area contributed by atoms with E-state index in [1.165, 1.54) is 0 Å². The molecule has 0 saturated carbocycles. The smallest absolute Gasteiger partial charge is 0.334 e. The lowest BCUT2D eigenvalue weighted by molar-refractivity contribution is -0.188. The Morgan fingerprint density at radius 2 is 1.77 bits per heavy atom. The molecule has 2 aliphatic rings. The minimum absolute atomic E-state index is 0.0130. The number of carbonyl (C=O) groups is 3. The van der Waals surface area contributed by atoms with Gasteiger partial charge in [0.15, 0.2) is 0 Å². The van der Waals surface area contributed by atoms with E-state index >= 15 is 0 Å². The van der Waals surface area contributed by atoms with Crippen LogP contribution in [0.3, 0.4) is 0 Å². The number of rotatable bonds is 9. The van der Waals surface area contributed by atoms with Crippen molar-refractivity contribution in [3.63, 3.8) is 0 Å². The van der Waals surface area contributed by atoms with E-state index in [0.717, 1.165) is 31.2 Å². The summed E-state index contributed by atoms with van der Waals surface area (Å²) >= 11 is 0. The first-order chi connectivity index (χ1) is 16.8. The van der Waals surface area contributed by atoms with Gasteiger partial charge in [0.05, 0.1) is 13.1 Å². The quantitative estimate of drug-likeness (QED) is 0.533. The van der Waals surface area contributed by atoms with E-state index in [4.69, 9.17) is 0 Å². The van der Waals surface area contributed by atoms with Gasteiger partial charge in [-0.05, 0) is 24.3 Å². The van der Waals surface area contributed by atoms with Crippen molar-refractivity contribution in [2.24, 2.45) is 5.92 Å². The molecule has 0 aromatic heterocycles. The van der Waals surface area contributed by atoms with Gasteiger partial charge in [0.1, 0.15) is 12.2 Å². The van der Waals surface area contributed by atoms with Crippen molar-refractivity contribution in [3.8, 4) is 0 Å². The lowest BCUT2D eigenvalue weighted by Gasteiger charge is -2.54. The number of fused-ring (bicyclic) bond motifs is 1. The molecule has 1 aromatic rings. The Hall–Kier alpha value is -2.61. The lowest BCUT2D eigenvalue weighted by Crippen LogP contribution is -2.76. The van der Waals surface area contributed by atoms with Crippen molar-refractivity contribution in [3.05, 3.63) is 35.9 Å². The first-order valence-corrected chi connectivity index (χ1v) is 13.3. The average molecular weight is 488 g/mol. The number of piperazine rings is 1. The molecule has 2 fully saturated rings. The van der Waals surface area contributed by atoms with E-state index in [1.807, 2.05) is 49.1 Å². The van der Waals surface area contributed by atoms with Gasteiger partial charge in [0.25, 0.3) is 0 Å². The number of hydrogen-bond acceptors (Lipinski definition) is 4. The molecule has 1 aromatic carbocycles. The SMILES string of the molecule is CC.CCCCCCN1CC2N(C(=O)CN(C)N2C(=O)NCc2ccccc2)[C@@H](CC(C)C)C1=O. The Kier molecular flexibility index (Phi) is 11.5. The second kappa shape index (κ2) is 14.1. The number of nitrogens with zero attached hydrogens (tertiary/aromatic N) is 4. The molecule has 2 aliphatic heterocycles. The molecule has 3 rings (SSSR count). The van der Waals surface area contributed by atoms with Gasteiger partial charge in [0.2, 0.25) is 11.8 Å². The van der Waals surface area contributed by atoms with Crippen molar-refractivity contribution in [2.45, 2.75) is 85.5 Å². The molecule has 1 unspecified atom stereocenters. The minimum atomic E-state index is -0.527. The Labute approximate surface area is 211 Å². The van der Waals surface area contributed by atoms with Crippen LogP contribution in [-0.4, -0.2) is 76.6 Å². The highest BCUT2D eigenvalue weighted by Gasteiger charge is 2.50. The molecule has 196 valence electrons. The highest BCUT2D eigenvalue weighted by Crippen LogP contribution is 2.29. The van der Waals surface area contributed by atoms with Crippen LogP contribution < -0.4 is 5.32 Å². The minimum Gasteiger partial charge on any atom is -0.337 e. The van der Waals surface area contributed by atoms with Crippen molar-refractivity contribution < 1.29 is 14.4 Å². The zero-order chi connectivity index (χ0) is 26.0. The molecule has 1 N–H and O–H groups in total. The number of likely N-dealkylation sites (N-methyl/N-ethyl adjacent to an activating group) is 1. The number of urea groups is 1. The summed E-state index contributed by atoms with van der Waals surface area (Å²) in [4.78, 5) is 43.3. The van der Waals surface area contributed by atoms with Gasteiger partial charge in [-0.2, -0.15) is 0 Å². The summed E-state index contributed by atoms with van der Waals surface area (Å²) < 4.78 is 0. The molecule has 0 radical (unpaired) electrons. The predicted molar refractivity (Wildman–Crippen MR) is 139 cm³/mol. The maximum atomic E-state index is 13.4. The molecular formula is C27H45N5O3. The van der Waals surface area contributed by atoms with Gasteiger partial charge < -0.3 is 15.1 Å². The van der Waals surface area contributed by atoms with E-state index in [-0.39, 0.29) is 30.3 Å². The second-order valence-corrected chi connectivity index (χ2v) is 9.58. The maximum Gasteiger partial charge on any atom is 0.334 e. The van der Waals surface area contributed by atoms with Crippen molar-refractivity contribution in [2.75, 3.05) is 26.7 Å². The fourth-order valence-corrected chi connectivity index (χ4v) is 4.77. The zero-order valence-electron chi connectivity index (χ0n) is 22.5. The summed E-state index contributed by atoms with van der Waals surface area (Å²) in [5.41, 5.74) is 1.01. The zero-order valence-corrected chi connectivity index (χ0v) is 22.5. The van der Waals surface area contributed by atoms with E-state index in [2.05, 4.69) is 26.1 Å². The van der Waals surface area contributed by atoms with Crippen molar-refractivity contribution in [1.82, 2.24) is 25.1 Å². The summed E-state index contributed by atoms with van der Waals surface area (Å²) in [6, 6.07) is 8.96. The molecule has 2 saturated heterocycles. The Balaban J connectivity index is 0.00000210. The molecule has 8 nitrogen and oxygen atoms in total. The van der Waals surface area contributed by atoms with Gasteiger partial charge in [-0.3, -0.25) is 9.59 Å². The number of carbonyl (C=O) groups excluding carboxylic acids is 3. The third-order valence-electron chi connectivity index (χ3n) is 6.41. The molecular weight excluding hydrogens is 442 g/mol. The van der Waals surface area contributed by atoms with Gasteiger partial charge in [-0.15, -0.1) is 0 Å². The standard InChI is InChI=1S/C25H39N5O3.C2H6/c1-5-6-7-11-14-28-17-22-29(21(24(28)32)15-19(2)3)23(31)18-27(4)30(22)25(33)26-16-20-12-9-8-10-13-20;1-2/h8-10,12-13,19,21-22H,5-7,11,14-18H2,1-4H3,(H,26,33);1-2H3/t21-,22?;/m0./s1. The summed E-state index contributed by atoms with van der Waals surface area (Å²) in [6.07, 6.45) is 4.38. The van der Waals surface area contributed by atoms with Crippen molar-refractivity contribution in [1.29, 1.82) is 0 Å². The number of nitrogens with one attached hydrogen (secondary N) is 1. The first kappa shape index (κ1) is 28.6. The van der Waals surface area contributed by atoms with Crippen LogP contribution in [0.15, 0.2) is 30.3 Å². The number of unbranched alkanes of at least 4 members (excludes halogenated alkanes) is 3.